The highest BCUT2D eigenvalue weighted by molar-refractivity contribution is 5.92. The van der Waals surface area contributed by atoms with Crippen molar-refractivity contribution >= 4 is 17.9 Å². The highest BCUT2D eigenvalue weighted by Gasteiger charge is 2.34. The Labute approximate surface area is 144 Å². The zero-order chi connectivity index (χ0) is 18.1. The average molecular weight is 342 g/mol. The predicted octanol–water partition coefficient (Wildman–Crippen LogP) is 2.22. The first-order chi connectivity index (χ1) is 11.9. The van der Waals surface area contributed by atoms with Gasteiger partial charge in [-0.25, -0.2) is 14.3 Å². The minimum Gasteiger partial charge on any atom is -0.478 e. The van der Waals surface area contributed by atoms with Gasteiger partial charge in [0.05, 0.1) is 17.2 Å². The molecule has 1 aromatic carbocycles. The van der Waals surface area contributed by atoms with Gasteiger partial charge in [-0.15, -0.1) is 0 Å². The minimum absolute atomic E-state index is 0.170. The Balaban J connectivity index is 2.08. The molecule has 1 atom stereocenters. The van der Waals surface area contributed by atoms with Crippen LogP contribution >= 0.6 is 0 Å². The smallest absolute Gasteiger partial charge is 0.338 e. The van der Waals surface area contributed by atoms with Crippen molar-refractivity contribution in [1.82, 2.24) is 14.8 Å². The molecule has 0 saturated heterocycles. The third-order valence-corrected chi connectivity index (χ3v) is 3.83. The first kappa shape index (κ1) is 16.7. The van der Waals surface area contributed by atoms with Crippen LogP contribution in [-0.4, -0.2) is 37.9 Å². The highest BCUT2D eigenvalue weighted by Crippen LogP contribution is 2.35. The van der Waals surface area contributed by atoms with Crippen molar-refractivity contribution in [2.45, 2.75) is 32.9 Å². The number of allylic oxidation sites excluding steroid dienone is 1. The molecule has 2 N–H and O–H groups in total. The maximum atomic E-state index is 12.6. The molecule has 0 amide bonds. The number of nitrogens with one attached hydrogen (secondary N) is 1. The van der Waals surface area contributed by atoms with Gasteiger partial charge in [0.2, 0.25) is 5.95 Å². The van der Waals surface area contributed by atoms with Gasteiger partial charge in [-0.05, 0) is 38.5 Å². The molecule has 1 aromatic heterocycles. The van der Waals surface area contributed by atoms with Gasteiger partial charge in [0.15, 0.2) is 0 Å². The third-order valence-electron chi connectivity index (χ3n) is 3.83. The van der Waals surface area contributed by atoms with Crippen LogP contribution < -0.4 is 5.32 Å². The van der Waals surface area contributed by atoms with E-state index < -0.39 is 18.0 Å². The zero-order valence-electron chi connectivity index (χ0n) is 14.1. The molecule has 8 nitrogen and oxygen atoms in total. The van der Waals surface area contributed by atoms with E-state index in [-0.39, 0.29) is 11.7 Å². The van der Waals surface area contributed by atoms with Crippen molar-refractivity contribution in [3.05, 3.63) is 53.0 Å². The number of carbonyl (C=O) groups is 2. The summed E-state index contributed by atoms with van der Waals surface area (Å²) in [6.45, 7) is 5.33. The van der Waals surface area contributed by atoms with Crippen molar-refractivity contribution in [2.75, 3.05) is 5.32 Å². The lowest BCUT2D eigenvalue weighted by atomic mass is 9.95. The number of carboxylic acids is 1. The third kappa shape index (κ3) is 3.10. The van der Waals surface area contributed by atoms with Gasteiger partial charge in [0, 0.05) is 5.70 Å². The summed E-state index contributed by atoms with van der Waals surface area (Å²) in [5.41, 5.74) is 1.92. The molecule has 1 aliphatic heterocycles. The molecular weight excluding hydrogens is 324 g/mol. The molecular formula is C17H18N4O4. The molecule has 2 heterocycles. The summed E-state index contributed by atoms with van der Waals surface area (Å²) in [6.07, 6.45) is 1.13. The number of hydrogen-bond donors (Lipinski definition) is 2. The fraction of sp³-hybridized carbons (Fsp3) is 0.294. The number of carbonyl (C=O) groups excluding carboxylic acids is 1. The number of anilines is 1. The highest BCUT2D eigenvalue weighted by atomic mass is 16.5. The van der Waals surface area contributed by atoms with Crippen molar-refractivity contribution < 1.29 is 19.4 Å². The second-order valence-corrected chi connectivity index (χ2v) is 5.98. The van der Waals surface area contributed by atoms with Gasteiger partial charge in [-0.3, -0.25) is 0 Å². The minimum atomic E-state index is -1.01. The van der Waals surface area contributed by atoms with Gasteiger partial charge >= 0.3 is 11.9 Å². The van der Waals surface area contributed by atoms with E-state index in [1.54, 1.807) is 37.6 Å². The van der Waals surface area contributed by atoms with E-state index in [0.29, 0.717) is 22.8 Å². The van der Waals surface area contributed by atoms with Gasteiger partial charge in [0.1, 0.15) is 12.4 Å². The van der Waals surface area contributed by atoms with E-state index in [4.69, 9.17) is 9.84 Å². The number of ether oxygens (including phenoxy) is 1. The Bertz CT molecular complexity index is 852. The fourth-order valence-corrected chi connectivity index (χ4v) is 2.75. The van der Waals surface area contributed by atoms with E-state index in [1.165, 1.54) is 18.5 Å². The van der Waals surface area contributed by atoms with Crippen LogP contribution in [0.2, 0.25) is 0 Å². The number of fused-ring (bicyclic) bond motifs is 1. The van der Waals surface area contributed by atoms with Crippen LogP contribution in [0.1, 0.15) is 42.7 Å². The van der Waals surface area contributed by atoms with Crippen LogP contribution in [0.25, 0.3) is 0 Å². The molecule has 130 valence electrons. The maximum Gasteiger partial charge on any atom is 0.338 e. The molecule has 1 unspecified atom stereocenters. The van der Waals surface area contributed by atoms with Crippen molar-refractivity contribution in [2.24, 2.45) is 0 Å². The summed E-state index contributed by atoms with van der Waals surface area (Å²) in [4.78, 5) is 27.8. The molecule has 2 aromatic rings. The number of benzene rings is 1. The van der Waals surface area contributed by atoms with E-state index in [0.717, 1.165) is 0 Å². The molecule has 0 saturated carbocycles. The first-order valence-corrected chi connectivity index (χ1v) is 7.80. The molecule has 8 heteroatoms. The summed E-state index contributed by atoms with van der Waals surface area (Å²) in [5.74, 6) is -0.955. The number of aromatic nitrogens is 3. The largest absolute Gasteiger partial charge is 0.478 e. The van der Waals surface area contributed by atoms with Crippen LogP contribution in [0.15, 0.2) is 41.9 Å². The SMILES string of the molecule is CC1=C(C(=O)OC(C)C)C(c2ccc(C(=O)O)cc2)n2ncnc2N1. The number of aromatic carboxylic acids is 1. The molecule has 0 radical (unpaired) electrons. The number of carboxylic acid groups (broad SMARTS) is 1. The monoisotopic (exact) mass is 342 g/mol. The van der Waals surface area contributed by atoms with Gasteiger partial charge in [0.25, 0.3) is 0 Å². The summed E-state index contributed by atoms with van der Waals surface area (Å²) >= 11 is 0. The summed E-state index contributed by atoms with van der Waals surface area (Å²) in [5, 5.41) is 16.3. The molecule has 3 rings (SSSR count). The number of nitrogens with zero attached hydrogens (tertiary/aromatic N) is 3. The standard InChI is InChI=1S/C17H18N4O4/c1-9(2)25-16(24)13-10(3)20-17-18-8-19-21(17)14(13)11-4-6-12(7-5-11)15(22)23/h4-9,14H,1-3H3,(H,22,23)(H,18,19,20). The van der Waals surface area contributed by atoms with Crippen LogP contribution in [0.3, 0.4) is 0 Å². The van der Waals surface area contributed by atoms with Crippen molar-refractivity contribution in [1.29, 1.82) is 0 Å². The van der Waals surface area contributed by atoms with Crippen LogP contribution in [-0.2, 0) is 9.53 Å². The van der Waals surface area contributed by atoms with E-state index in [2.05, 4.69) is 15.4 Å². The zero-order valence-corrected chi connectivity index (χ0v) is 14.1. The Morgan fingerprint density at radius 3 is 2.56 bits per heavy atom. The second-order valence-electron chi connectivity index (χ2n) is 5.98. The fourth-order valence-electron chi connectivity index (χ4n) is 2.75. The summed E-state index contributed by atoms with van der Waals surface area (Å²) in [6, 6.07) is 5.78. The number of rotatable bonds is 4. The predicted molar refractivity (Wildman–Crippen MR) is 89.1 cm³/mol. The van der Waals surface area contributed by atoms with Crippen molar-refractivity contribution in [3.8, 4) is 0 Å². The molecule has 1 aliphatic rings. The number of hydrogen-bond acceptors (Lipinski definition) is 6. The molecule has 0 fully saturated rings. The first-order valence-electron chi connectivity index (χ1n) is 7.80. The lowest BCUT2D eigenvalue weighted by Crippen LogP contribution is -2.30. The second kappa shape index (κ2) is 6.39. The lowest BCUT2D eigenvalue weighted by molar-refractivity contribution is -0.143. The van der Waals surface area contributed by atoms with Crippen LogP contribution in [0.4, 0.5) is 5.95 Å². The topological polar surface area (TPSA) is 106 Å². The van der Waals surface area contributed by atoms with Gasteiger partial charge in [-0.2, -0.15) is 10.1 Å². The molecule has 25 heavy (non-hydrogen) atoms. The molecule has 0 spiro atoms. The molecule has 0 aliphatic carbocycles. The van der Waals surface area contributed by atoms with E-state index in [9.17, 15) is 9.59 Å². The normalized spacial score (nSPS) is 16.4. The molecule has 0 bridgehead atoms. The Kier molecular flexibility index (Phi) is 4.26. The van der Waals surface area contributed by atoms with E-state index in [1.807, 2.05) is 0 Å². The summed E-state index contributed by atoms with van der Waals surface area (Å²) in [7, 11) is 0. The average Bonchev–Trinajstić information content (AvgIpc) is 3.00. The Morgan fingerprint density at radius 2 is 1.96 bits per heavy atom. The van der Waals surface area contributed by atoms with Crippen LogP contribution in [0.5, 0.6) is 0 Å². The van der Waals surface area contributed by atoms with Gasteiger partial charge in [-0.1, -0.05) is 12.1 Å². The lowest BCUT2D eigenvalue weighted by Gasteiger charge is -2.28. The Hall–Kier alpha value is -3.16. The van der Waals surface area contributed by atoms with E-state index >= 15 is 0 Å². The maximum absolute atomic E-state index is 12.6. The van der Waals surface area contributed by atoms with Gasteiger partial charge < -0.3 is 15.2 Å². The number of esters is 1. The Morgan fingerprint density at radius 1 is 1.28 bits per heavy atom. The van der Waals surface area contributed by atoms with Crippen molar-refractivity contribution in [3.63, 3.8) is 0 Å². The quantitative estimate of drug-likeness (QED) is 0.820. The van der Waals surface area contributed by atoms with Crippen LogP contribution in [0, 0.1) is 0 Å². The summed E-state index contributed by atoms with van der Waals surface area (Å²) < 4.78 is 6.96.